The lowest BCUT2D eigenvalue weighted by atomic mass is 10.0. The second-order valence-electron chi connectivity index (χ2n) is 5.59. The molecule has 9 heteroatoms. The summed E-state index contributed by atoms with van der Waals surface area (Å²) in [6.07, 6.45) is 0. The van der Waals surface area contributed by atoms with Crippen molar-refractivity contribution in [2.45, 2.75) is 17.5 Å². The average molecular weight is 382 g/mol. The van der Waals surface area contributed by atoms with Crippen LogP contribution < -0.4 is 10.6 Å². The molecule has 0 bridgehead atoms. The summed E-state index contributed by atoms with van der Waals surface area (Å²) >= 11 is 7.26. The molecule has 1 aromatic carbocycles. The normalized spacial score (nSPS) is 23.6. The van der Waals surface area contributed by atoms with Crippen LogP contribution in [0.2, 0.25) is 0 Å². The molecule has 2 aliphatic heterocycles. The van der Waals surface area contributed by atoms with Crippen LogP contribution in [-0.4, -0.2) is 52.0 Å². The first-order valence-corrected chi connectivity index (χ1v) is 8.97. The number of thioether (sulfide) groups is 1. The lowest BCUT2D eigenvalue weighted by Gasteiger charge is -2.49. The Labute approximate surface area is 153 Å². The van der Waals surface area contributed by atoms with Crippen LogP contribution in [0.3, 0.4) is 0 Å². The van der Waals surface area contributed by atoms with Crippen molar-refractivity contribution >= 4 is 41.1 Å². The number of carboxylic acid groups (broad SMARTS) is 1. The molecule has 1 fully saturated rings. The number of nitrogens with one attached hydrogen (secondary N) is 2. The number of carbonyl (C=O) groups excluding carboxylic acids is 2. The molecule has 3 rings (SSSR count). The van der Waals surface area contributed by atoms with Crippen LogP contribution in [0.5, 0.6) is 0 Å². The number of benzene rings is 1. The molecule has 0 saturated carbocycles. The van der Waals surface area contributed by atoms with Gasteiger partial charge in [0.05, 0.1) is 5.03 Å². The van der Waals surface area contributed by atoms with Crippen LogP contribution in [0.1, 0.15) is 11.6 Å². The van der Waals surface area contributed by atoms with Gasteiger partial charge in [-0.1, -0.05) is 41.9 Å². The predicted octanol–water partition coefficient (Wildman–Crippen LogP) is 0.882. The maximum absolute atomic E-state index is 12.6. The molecule has 2 aliphatic rings. The quantitative estimate of drug-likeness (QED) is 0.655. The Bertz CT molecular complexity index is 755. The summed E-state index contributed by atoms with van der Waals surface area (Å²) in [5.41, 5.74) is 0.575. The summed E-state index contributed by atoms with van der Waals surface area (Å²) < 4.78 is 0. The molecule has 0 spiro atoms. The van der Waals surface area contributed by atoms with Crippen molar-refractivity contribution in [3.8, 4) is 0 Å². The highest BCUT2D eigenvalue weighted by atomic mass is 35.5. The number of fused-ring (bicyclic) bond motifs is 1. The van der Waals surface area contributed by atoms with E-state index in [0.717, 1.165) is 10.5 Å². The molecule has 2 heterocycles. The van der Waals surface area contributed by atoms with Crippen LogP contribution in [0.4, 0.5) is 0 Å². The second kappa shape index (κ2) is 7.07. The molecule has 0 aliphatic carbocycles. The minimum Gasteiger partial charge on any atom is -0.477 e. The number of hydrogen-bond donors (Lipinski definition) is 3. The Kier molecular flexibility index (Phi) is 5.03. The van der Waals surface area contributed by atoms with E-state index in [1.54, 1.807) is 7.05 Å². The molecule has 0 aromatic heterocycles. The van der Waals surface area contributed by atoms with Crippen molar-refractivity contribution in [1.82, 2.24) is 15.5 Å². The maximum atomic E-state index is 12.6. The van der Waals surface area contributed by atoms with Gasteiger partial charge in [0.15, 0.2) is 0 Å². The second-order valence-corrected chi connectivity index (χ2v) is 7.15. The number of hydrogen-bond acceptors (Lipinski definition) is 5. The number of carboxylic acids is 1. The number of amides is 2. The third-order valence-electron chi connectivity index (χ3n) is 4.11. The fraction of sp³-hybridized carbons (Fsp3) is 0.312. The van der Waals surface area contributed by atoms with Crippen LogP contribution in [0, 0.1) is 0 Å². The van der Waals surface area contributed by atoms with E-state index in [1.807, 2.05) is 30.3 Å². The van der Waals surface area contributed by atoms with Gasteiger partial charge >= 0.3 is 5.97 Å². The number of nitrogens with zero attached hydrogens (tertiary/aromatic N) is 1. The molecule has 1 aromatic rings. The molecule has 2 amide bonds. The monoisotopic (exact) mass is 381 g/mol. The van der Waals surface area contributed by atoms with Crippen LogP contribution in [0.15, 0.2) is 41.1 Å². The van der Waals surface area contributed by atoms with Crippen LogP contribution in [0.25, 0.3) is 0 Å². The molecule has 132 valence electrons. The zero-order chi connectivity index (χ0) is 18.1. The minimum atomic E-state index is -1.24. The zero-order valence-electron chi connectivity index (χ0n) is 13.2. The molecule has 3 N–H and O–H groups in total. The van der Waals surface area contributed by atoms with Gasteiger partial charge < -0.3 is 15.7 Å². The molecule has 25 heavy (non-hydrogen) atoms. The Balaban J connectivity index is 1.74. The van der Waals surface area contributed by atoms with Gasteiger partial charge in [-0.2, -0.15) is 0 Å². The van der Waals surface area contributed by atoms with Crippen molar-refractivity contribution in [3.63, 3.8) is 0 Å². The fourth-order valence-electron chi connectivity index (χ4n) is 2.91. The van der Waals surface area contributed by atoms with Gasteiger partial charge in [0.2, 0.25) is 5.91 Å². The summed E-state index contributed by atoms with van der Waals surface area (Å²) in [6, 6.07) is 7.76. The summed E-state index contributed by atoms with van der Waals surface area (Å²) in [7, 11) is 1.66. The summed E-state index contributed by atoms with van der Waals surface area (Å²) in [5, 5.41) is 14.6. The van der Waals surface area contributed by atoms with Gasteiger partial charge in [0, 0.05) is 5.75 Å². The topological polar surface area (TPSA) is 98.7 Å². The van der Waals surface area contributed by atoms with Gasteiger partial charge in [-0.25, -0.2) is 4.79 Å². The fourth-order valence-corrected chi connectivity index (χ4v) is 4.46. The predicted molar refractivity (Wildman–Crippen MR) is 93.8 cm³/mol. The van der Waals surface area contributed by atoms with Gasteiger partial charge in [0.1, 0.15) is 23.2 Å². The van der Waals surface area contributed by atoms with Crippen molar-refractivity contribution < 1.29 is 19.5 Å². The summed E-state index contributed by atoms with van der Waals surface area (Å²) in [6.45, 7) is 0. The Hall–Kier alpha value is -2.03. The van der Waals surface area contributed by atoms with Crippen molar-refractivity contribution in [3.05, 3.63) is 46.6 Å². The smallest absolute Gasteiger partial charge is 0.353 e. The van der Waals surface area contributed by atoms with E-state index in [4.69, 9.17) is 11.6 Å². The maximum Gasteiger partial charge on any atom is 0.353 e. The standard InChI is InChI=1S/C16H16ClN3O4S/c1-18-10(8-5-3-2-4-6-8)13(21)19-11-14(22)20-12(16(23)24)9(17)7-25-15(11)20/h2-6,10-11,15,18H,7H2,1H3,(H,19,21)(H,23,24). The van der Waals surface area contributed by atoms with E-state index in [-0.39, 0.29) is 22.4 Å². The van der Waals surface area contributed by atoms with E-state index < -0.39 is 29.3 Å². The number of β-lactam (4-membered cyclic amide) rings is 1. The highest BCUT2D eigenvalue weighted by Gasteiger charge is 2.54. The first-order chi connectivity index (χ1) is 12.0. The number of rotatable bonds is 5. The molecular weight excluding hydrogens is 366 g/mol. The Morgan fingerprint density at radius 2 is 2.04 bits per heavy atom. The number of likely N-dealkylation sites (N-methyl/N-ethyl adjacent to an activating group) is 1. The zero-order valence-corrected chi connectivity index (χ0v) is 14.8. The third-order valence-corrected chi connectivity index (χ3v) is 5.86. The van der Waals surface area contributed by atoms with Crippen molar-refractivity contribution in [1.29, 1.82) is 0 Å². The highest BCUT2D eigenvalue weighted by molar-refractivity contribution is 8.00. The first kappa shape index (κ1) is 17.8. The Morgan fingerprint density at radius 1 is 1.36 bits per heavy atom. The first-order valence-electron chi connectivity index (χ1n) is 7.55. The minimum absolute atomic E-state index is 0.129. The highest BCUT2D eigenvalue weighted by Crippen LogP contribution is 2.41. The lowest BCUT2D eigenvalue weighted by Crippen LogP contribution is -2.71. The number of aliphatic carboxylic acids is 1. The van der Waals surface area contributed by atoms with Crippen LogP contribution in [-0.2, 0) is 14.4 Å². The largest absolute Gasteiger partial charge is 0.477 e. The molecule has 0 radical (unpaired) electrons. The summed E-state index contributed by atoms with van der Waals surface area (Å²) in [5.74, 6) is -1.77. The van der Waals surface area contributed by atoms with Gasteiger partial charge in [-0.3, -0.25) is 14.5 Å². The van der Waals surface area contributed by atoms with Gasteiger partial charge in [0.25, 0.3) is 5.91 Å². The number of halogens is 1. The van der Waals surface area contributed by atoms with E-state index in [1.165, 1.54) is 11.8 Å². The molecule has 3 unspecified atom stereocenters. The molecule has 1 saturated heterocycles. The van der Waals surface area contributed by atoms with Crippen molar-refractivity contribution in [2.24, 2.45) is 0 Å². The lowest BCUT2D eigenvalue weighted by molar-refractivity contribution is -0.150. The average Bonchev–Trinajstić information content (AvgIpc) is 2.60. The molecule has 7 nitrogen and oxygen atoms in total. The summed E-state index contributed by atoms with van der Waals surface area (Å²) in [4.78, 5) is 37.4. The number of carbonyl (C=O) groups is 3. The van der Waals surface area contributed by atoms with E-state index >= 15 is 0 Å². The Morgan fingerprint density at radius 3 is 2.64 bits per heavy atom. The van der Waals surface area contributed by atoms with E-state index in [0.29, 0.717) is 0 Å². The van der Waals surface area contributed by atoms with E-state index in [9.17, 15) is 19.5 Å². The molecule has 3 atom stereocenters. The SMILES string of the molecule is CNC(C(=O)NC1C(=O)N2C(C(=O)O)=C(Cl)CSC12)c1ccccc1. The third kappa shape index (κ3) is 3.12. The van der Waals surface area contributed by atoms with Gasteiger partial charge in [-0.15, -0.1) is 11.8 Å². The van der Waals surface area contributed by atoms with Crippen LogP contribution >= 0.6 is 23.4 Å². The van der Waals surface area contributed by atoms with Crippen molar-refractivity contribution in [2.75, 3.05) is 12.8 Å². The van der Waals surface area contributed by atoms with Gasteiger partial charge in [-0.05, 0) is 12.6 Å². The molecular formula is C16H16ClN3O4S. The van der Waals surface area contributed by atoms with E-state index in [2.05, 4.69) is 10.6 Å².